The molecule has 17 heavy (non-hydrogen) atoms. The minimum atomic E-state index is -0.950. The first-order valence-electron chi connectivity index (χ1n) is 4.77. The van der Waals surface area contributed by atoms with Crippen LogP contribution in [0.15, 0.2) is 34.9 Å². The van der Waals surface area contributed by atoms with E-state index in [9.17, 15) is 4.79 Å². The lowest BCUT2D eigenvalue weighted by Crippen LogP contribution is -2.09. The van der Waals surface area contributed by atoms with Crippen molar-refractivity contribution >= 4 is 44.1 Å². The van der Waals surface area contributed by atoms with Crippen molar-refractivity contribution in [2.24, 2.45) is 0 Å². The van der Waals surface area contributed by atoms with Crippen LogP contribution < -0.4 is 4.90 Å². The molecule has 0 radical (unpaired) electrons. The van der Waals surface area contributed by atoms with E-state index in [0.29, 0.717) is 5.13 Å². The van der Waals surface area contributed by atoms with Gasteiger partial charge in [-0.2, -0.15) is 0 Å². The van der Waals surface area contributed by atoms with Crippen molar-refractivity contribution in [2.75, 3.05) is 11.9 Å². The molecule has 0 atom stereocenters. The quantitative estimate of drug-likeness (QED) is 0.944. The fourth-order valence-corrected chi connectivity index (χ4v) is 2.63. The van der Waals surface area contributed by atoms with Gasteiger partial charge in [0, 0.05) is 11.5 Å². The first kappa shape index (κ1) is 12.1. The molecule has 0 aliphatic rings. The molecule has 0 bridgehead atoms. The third kappa shape index (κ3) is 2.48. The Bertz CT molecular complexity index is 556. The summed E-state index contributed by atoms with van der Waals surface area (Å²) in [6.07, 6.45) is 1.37. The van der Waals surface area contributed by atoms with Crippen molar-refractivity contribution in [1.82, 2.24) is 4.98 Å². The molecule has 2 aromatic rings. The Morgan fingerprint density at radius 1 is 1.47 bits per heavy atom. The molecule has 1 aromatic heterocycles. The second-order valence-electron chi connectivity index (χ2n) is 3.32. The summed E-state index contributed by atoms with van der Waals surface area (Å²) in [7, 11) is 1.85. The van der Waals surface area contributed by atoms with Crippen LogP contribution in [-0.2, 0) is 0 Å². The number of hydrogen-bond donors (Lipinski definition) is 1. The normalized spacial score (nSPS) is 10.2. The summed E-state index contributed by atoms with van der Waals surface area (Å²) < 4.78 is 0.939. The van der Waals surface area contributed by atoms with Gasteiger partial charge in [-0.25, -0.2) is 9.78 Å². The highest BCUT2D eigenvalue weighted by Crippen LogP contribution is 2.32. The molecule has 0 spiro atoms. The standard InChI is InChI=1S/C11H9BrN2O2S/c1-14(8-5-3-2-4-7(8)12)11-13-6-9(17-11)10(15)16/h2-6H,1H3,(H,15,16). The van der Waals surface area contributed by atoms with Gasteiger partial charge in [0.15, 0.2) is 5.13 Å². The Hall–Kier alpha value is -1.40. The SMILES string of the molecule is CN(c1ncc(C(=O)O)s1)c1ccccc1Br. The molecule has 88 valence electrons. The lowest BCUT2D eigenvalue weighted by atomic mass is 10.3. The topological polar surface area (TPSA) is 53.4 Å². The predicted molar refractivity (Wildman–Crippen MR) is 71.3 cm³/mol. The molecular weight excluding hydrogens is 304 g/mol. The highest BCUT2D eigenvalue weighted by Gasteiger charge is 2.14. The smallest absolute Gasteiger partial charge is 0.347 e. The number of thiazole rings is 1. The molecular formula is C11H9BrN2O2S. The fourth-order valence-electron chi connectivity index (χ4n) is 1.35. The zero-order chi connectivity index (χ0) is 12.4. The lowest BCUT2D eigenvalue weighted by Gasteiger charge is -2.17. The number of nitrogens with zero attached hydrogens (tertiary/aromatic N) is 2. The van der Waals surface area contributed by atoms with E-state index in [0.717, 1.165) is 21.5 Å². The van der Waals surface area contributed by atoms with Gasteiger partial charge < -0.3 is 10.0 Å². The summed E-state index contributed by atoms with van der Waals surface area (Å²) in [6, 6.07) is 7.71. The Balaban J connectivity index is 2.34. The molecule has 4 nitrogen and oxygen atoms in total. The molecule has 2 rings (SSSR count). The molecule has 1 aromatic carbocycles. The van der Waals surface area contributed by atoms with Gasteiger partial charge in [0.25, 0.3) is 0 Å². The fraction of sp³-hybridized carbons (Fsp3) is 0.0909. The molecule has 1 heterocycles. The van der Waals surface area contributed by atoms with Crippen LogP contribution in [-0.4, -0.2) is 23.1 Å². The number of benzene rings is 1. The van der Waals surface area contributed by atoms with Gasteiger partial charge in [0.1, 0.15) is 4.88 Å². The van der Waals surface area contributed by atoms with E-state index in [1.165, 1.54) is 6.20 Å². The number of hydrogen-bond acceptors (Lipinski definition) is 4. The summed E-state index contributed by atoms with van der Waals surface area (Å²) in [5.41, 5.74) is 0.943. The van der Waals surface area contributed by atoms with E-state index < -0.39 is 5.97 Å². The minimum absolute atomic E-state index is 0.235. The summed E-state index contributed by atoms with van der Waals surface area (Å²) in [5, 5.41) is 9.50. The molecule has 0 aliphatic carbocycles. The second kappa shape index (κ2) is 4.85. The van der Waals surface area contributed by atoms with Crippen LogP contribution in [0.2, 0.25) is 0 Å². The van der Waals surface area contributed by atoms with Gasteiger partial charge in [-0.15, -0.1) is 0 Å². The summed E-state index contributed by atoms with van der Waals surface area (Å²) in [4.78, 5) is 17.0. The van der Waals surface area contributed by atoms with Gasteiger partial charge >= 0.3 is 5.97 Å². The molecule has 1 N–H and O–H groups in total. The number of carbonyl (C=O) groups is 1. The largest absolute Gasteiger partial charge is 0.477 e. The number of carboxylic acids is 1. The van der Waals surface area contributed by atoms with Crippen LogP contribution in [0.5, 0.6) is 0 Å². The van der Waals surface area contributed by atoms with E-state index in [1.54, 1.807) is 0 Å². The van der Waals surface area contributed by atoms with Crippen molar-refractivity contribution < 1.29 is 9.90 Å². The number of halogens is 1. The molecule has 0 amide bonds. The number of aromatic carboxylic acids is 1. The van der Waals surface area contributed by atoms with Crippen LogP contribution in [0, 0.1) is 0 Å². The minimum Gasteiger partial charge on any atom is -0.477 e. The number of carboxylic acid groups (broad SMARTS) is 1. The molecule has 0 unspecified atom stereocenters. The van der Waals surface area contributed by atoms with E-state index in [4.69, 9.17) is 5.11 Å². The van der Waals surface area contributed by atoms with Crippen molar-refractivity contribution in [3.63, 3.8) is 0 Å². The van der Waals surface area contributed by atoms with E-state index in [1.807, 2.05) is 36.2 Å². The van der Waals surface area contributed by atoms with Gasteiger partial charge in [0.2, 0.25) is 0 Å². The third-order valence-corrected chi connectivity index (χ3v) is 3.94. The van der Waals surface area contributed by atoms with E-state index in [-0.39, 0.29) is 4.88 Å². The van der Waals surface area contributed by atoms with Crippen molar-refractivity contribution in [2.45, 2.75) is 0 Å². The van der Waals surface area contributed by atoms with Gasteiger partial charge in [0.05, 0.1) is 11.9 Å². The second-order valence-corrected chi connectivity index (χ2v) is 5.19. The van der Waals surface area contributed by atoms with Crippen LogP contribution in [0.3, 0.4) is 0 Å². The highest BCUT2D eigenvalue weighted by atomic mass is 79.9. The van der Waals surface area contributed by atoms with Crippen molar-refractivity contribution in [1.29, 1.82) is 0 Å². The van der Waals surface area contributed by atoms with Gasteiger partial charge in [-0.05, 0) is 28.1 Å². The first-order valence-corrected chi connectivity index (χ1v) is 6.38. The van der Waals surface area contributed by atoms with Crippen molar-refractivity contribution in [3.05, 3.63) is 39.8 Å². The maximum absolute atomic E-state index is 10.8. The third-order valence-electron chi connectivity index (χ3n) is 2.21. The first-order chi connectivity index (χ1) is 8.09. The Kier molecular flexibility index (Phi) is 3.44. The number of aromatic nitrogens is 1. The van der Waals surface area contributed by atoms with Crippen molar-refractivity contribution in [3.8, 4) is 0 Å². The monoisotopic (exact) mass is 312 g/mol. The maximum Gasteiger partial charge on any atom is 0.347 e. The molecule has 0 saturated heterocycles. The molecule has 0 fully saturated rings. The predicted octanol–water partition coefficient (Wildman–Crippen LogP) is 3.37. The summed E-state index contributed by atoms with van der Waals surface area (Å²) in [5.74, 6) is -0.950. The Labute approximate surface area is 111 Å². The van der Waals surface area contributed by atoms with E-state index in [2.05, 4.69) is 20.9 Å². The average molecular weight is 313 g/mol. The molecule has 0 aliphatic heterocycles. The lowest BCUT2D eigenvalue weighted by molar-refractivity contribution is 0.0702. The Morgan fingerprint density at radius 3 is 2.76 bits per heavy atom. The zero-order valence-electron chi connectivity index (χ0n) is 8.92. The average Bonchev–Trinajstić information content (AvgIpc) is 2.78. The number of anilines is 2. The number of para-hydroxylation sites is 1. The van der Waals surface area contributed by atoms with Gasteiger partial charge in [-0.3, -0.25) is 0 Å². The van der Waals surface area contributed by atoms with Crippen LogP contribution >= 0.6 is 27.3 Å². The van der Waals surface area contributed by atoms with Gasteiger partial charge in [-0.1, -0.05) is 23.5 Å². The Morgan fingerprint density at radius 2 is 2.18 bits per heavy atom. The summed E-state index contributed by atoms with van der Waals surface area (Å²) in [6.45, 7) is 0. The zero-order valence-corrected chi connectivity index (χ0v) is 11.3. The highest BCUT2D eigenvalue weighted by molar-refractivity contribution is 9.10. The number of rotatable bonds is 3. The van der Waals surface area contributed by atoms with Crippen LogP contribution in [0.25, 0.3) is 0 Å². The van der Waals surface area contributed by atoms with Crippen LogP contribution in [0.4, 0.5) is 10.8 Å². The molecule has 6 heteroatoms. The maximum atomic E-state index is 10.8. The summed E-state index contributed by atoms with van der Waals surface area (Å²) >= 11 is 4.60. The van der Waals surface area contributed by atoms with E-state index >= 15 is 0 Å². The van der Waals surface area contributed by atoms with Crippen LogP contribution in [0.1, 0.15) is 9.67 Å². The molecule has 0 saturated carbocycles.